The molecule has 204 valence electrons. The van der Waals surface area contributed by atoms with Gasteiger partial charge in [-0.3, -0.25) is 14.4 Å². The van der Waals surface area contributed by atoms with Crippen LogP contribution in [-0.2, 0) is 19.2 Å². The molecule has 1 aliphatic carbocycles. The molecule has 0 aromatic rings. The van der Waals surface area contributed by atoms with E-state index in [1.165, 1.54) is 6.92 Å². The van der Waals surface area contributed by atoms with Crippen LogP contribution in [0.25, 0.3) is 0 Å². The second kappa shape index (κ2) is 16.1. The highest BCUT2D eigenvalue weighted by molar-refractivity contribution is 5.99. The van der Waals surface area contributed by atoms with Crippen molar-refractivity contribution in [1.82, 2.24) is 0 Å². The summed E-state index contributed by atoms with van der Waals surface area (Å²) in [4.78, 5) is 48.8. The Labute approximate surface area is 220 Å². The van der Waals surface area contributed by atoms with E-state index in [0.29, 0.717) is 12.8 Å². The Bertz CT molecular complexity index is 801. The van der Waals surface area contributed by atoms with E-state index in [4.69, 9.17) is 0 Å². The van der Waals surface area contributed by atoms with Crippen LogP contribution in [0.4, 0.5) is 0 Å². The Balaban J connectivity index is 2.97. The molecule has 0 bridgehead atoms. The van der Waals surface area contributed by atoms with Gasteiger partial charge in [0.25, 0.3) is 0 Å². The van der Waals surface area contributed by atoms with Crippen molar-refractivity contribution >= 4 is 23.1 Å². The molecule has 0 aliphatic heterocycles. The molecule has 0 aromatic carbocycles. The van der Waals surface area contributed by atoms with Crippen molar-refractivity contribution in [2.45, 2.75) is 126 Å². The maximum absolute atomic E-state index is 13.1. The third-order valence-corrected chi connectivity index (χ3v) is 8.02. The van der Waals surface area contributed by atoms with Gasteiger partial charge in [-0.05, 0) is 82.6 Å². The molecule has 0 N–H and O–H groups in total. The molecule has 0 fully saturated rings. The summed E-state index contributed by atoms with van der Waals surface area (Å²) >= 11 is 0. The van der Waals surface area contributed by atoms with Crippen molar-refractivity contribution in [2.75, 3.05) is 0 Å². The molecule has 1 aliphatic rings. The summed E-state index contributed by atoms with van der Waals surface area (Å²) in [6.45, 7) is 13.9. The monoisotopic (exact) mass is 500 g/mol. The largest absolute Gasteiger partial charge is 0.300 e. The number of unbranched alkanes of at least 4 members (excludes halogenated alkanes) is 1. The van der Waals surface area contributed by atoms with Gasteiger partial charge in [0.2, 0.25) is 0 Å². The molecule has 4 atom stereocenters. The third kappa shape index (κ3) is 11.5. The first kappa shape index (κ1) is 32.2. The molecule has 4 unspecified atom stereocenters. The number of carbonyl (C=O) groups is 4. The number of carbonyl (C=O) groups excluding carboxylic acids is 4. The lowest BCUT2D eigenvalue weighted by Crippen LogP contribution is -2.28. The van der Waals surface area contributed by atoms with Crippen molar-refractivity contribution in [3.8, 4) is 0 Å². The van der Waals surface area contributed by atoms with Crippen LogP contribution in [0.5, 0.6) is 0 Å². The molecule has 0 heterocycles. The molecular formula is C32H52O4. The molecular weight excluding hydrogens is 448 g/mol. The smallest absolute Gasteiger partial charge is 0.155 e. The van der Waals surface area contributed by atoms with E-state index in [9.17, 15) is 19.2 Å². The van der Waals surface area contributed by atoms with Crippen LogP contribution in [0.15, 0.2) is 23.8 Å². The van der Waals surface area contributed by atoms with Gasteiger partial charge < -0.3 is 4.79 Å². The Kier molecular flexibility index (Phi) is 14.4. The van der Waals surface area contributed by atoms with Crippen molar-refractivity contribution in [1.29, 1.82) is 0 Å². The number of rotatable bonds is 15. The van der Waals surface area contributed by atoms with E-state index in [2.05, 4.69) is 39.8 Å². The molecule has 0 saturated carbocycles. The van der Waals surface area contributed by atoms with E-state index in [1.54, 1.807) is 6.92 Å². The van der Waals surface area contributed by atoms with Crippen LogP contribution in [-0.4, -0.2) is 23.1 Å². The molecule has 36 heavy (non-hydrogen) atoms. The Morgan fingerprint density at radius 3 is 2.36 bits per heavy atom. The molecule has 0 saturated heterocycles. The second-order valence-electron chi connectivity index (χ2n) is 11.9. The van der Waals surface area contributed by atoms with Crippen LogP contribution in [0, 0.1) is 29.1 Å². The lowest BCUT2D eigenvalue weighted by atomic mass is 9.70. The lowest BCUT2D eigenvalue weighted by Gasteiger charge is -2.34. The van der Waals surface area contributed by atoms with E-state index in [0.717, 1.165) is 63.4 Å². The van der Waals surface area contributed by atoms with Crippen molar-refractivity contribution in [3.63, 3.8) is 0 Å². The Hall–Kier alpha value is -1.84. The normalized spacial score (nSPS) is 22.4. The first-order chi connectivity index (χ1) is 16.9. The number of Topliss-reactive ketones (excluding diaryl/α,β-unsaturated/α-hetero) is 3. The van der Waals surface area contributed by atoms with Gasteiger partial charge in [0.05, 0.1) is 6.42 Å². The van der Waals surface area contributed by atoms with Crippen molar-refractivity contribution in [2.24, 2.45) is 29.1 Å². The topological polar surface area (TPSA) is 68.3 Å². The summed E-state index contributed by atoms with van der Waals surface area (Å²) in [5.74, 6) is 1.02. The van der Waals surface area contributed by atoms with Crippen molar-refractivity contribution in [3.05, 3.63) is 23.8 Å². The van der Waals surface area contributed by atoms with Gasteiger partial charge in [-0.15, -0.1) is 0 Å². The first-order valence-electron chi connectivity index (χ1n) is 14.3. The highest BCUT2D eigenvalue weighted by Gasteiger charge is 2.31. The van der Waals surface area contributed by atoms with E-state index in [1.807, 2.05) is 13.0 Å². The maximum Gasteiger partial charge on any atom is 0.155 e. The van der Waals surface area contributed by atoms with E-state index < -0.39 is 0 Å². The predicted molar refractivity (Wildman–Crippen MR) is 149 cm³/mol. The summed E-state index contributed by atoms with van der Waals surface area (Å²) in [5, 5.41) is 0. The minimum absolute atomic E-state index is 0.0182. The maximum atomic E-state index is 13.1. The van der Waals surface area contributed by atoms with Gasteiger partial charge in [0.1, 0.15) is 17.3 Å². The highest BCUT2D eigenvalue weighted by atomic mass is 16.1. The van der Waals surface area contributed by atoms with Gasteiger partial charge in [-0.25, -0.2) is 0 Å². The van der Waals surface area contributed by atoms with Crippen LogP contribution < -0.4 is 0 Å². The molecule has 0 aromatic heterocycles. The third-order valence-electron chi connectivity index (χ3n) is 8.02. The summed E-state index contributed by atoms with van der Waals surface area (Å²) in [7, 11) is 0. The summed E-state index contributed by atoms with van der Waals surface area (Å²) < 4.78 is 0. The predicted octanol–water partition coefficient (Wildman–Crippen LogP) is 8.03. The van der Waals surface area contributed by atoms with Gasteiger partial charge in [-0.1, -0.05) is 64.7 Å². The molecule has 0 radical (unpaired) electrons. The number of hydrogen-bond acceptors (Lipinski definition) is 4. The van der Waals surface area contributed by atoms with E-state index in [-0.39, 0.29) is 58.6 Å². The summed E-state index contributed by atoms with van der Waals surface area (Å²) in [6, 6.07) is 0. The average Bonchev–Trinajstić information content (AvgIpc) is 2.75. The van der Waals surface area contributed by atoms with Crippen LogP contribution in [0.3, 0.4) is 0 Å². The molecule has 4 nitrogen and oxygen atoms in total. The minimum Gasteiger partial charge on any atom is -0.300 e. The van der Waals surface area contributed by atoms with Gasteiger partial charge >= 0.3 is 0 Å². The fourth-order valence-electron chi connectivity index (χ4n) is 6.18. The van der Waals surface area contributed by atoms with E-state index >= 15 is 0 Å². The van der Waals surface area contributed by atoms with Crippen LogP contribution >= 0.6 is 0 Å². The zero-order chi connectivity index (χ0) is 27.3. The zero-order valence-corrected chi connectivity index (χ0v) is 24.2. The van der Waals surface area contributed by atoms with Crippen molar-refractivity contribution < 1.29 is 19.2 Å². The Morgan fingerprint density at radius 2 is 1.78 bits per heavy atom. The van der Waals surface area contributed by atoms with Gasteiger partial charge in [0.15, 0.2) is 5.78 Å². The molecule has 1 rings (SSSR count). The standard InChI is InChI=1S/C32H52O4/c1-8-14-27(29(9-2)31(36)20-25(5)34)21-26-16-10-11-17-30(23(3)19-28(35)22-26)32(6,7)18-13-12-15-24(4)33/h11,17,19,26-27,29-30H,8-10,12-16,18,20-22H2,1-7H3/b17-11?,23-19+. The van der Waals surface area contributed by atoms with Gasteiger partial charge in [0, 0.05) is 24.7 Å². The molecule has 4 heteroatoms. The zero-order valence-electron chi connectivity index (χ0n) is 24.2. The van der Waals surface area contributed by atoms with Gasteiger partial charge in [-0.2, -0.15) is 0 Å². The summed E-state index contributed by atoms with van der Waals surface area (Å²) in [6.07, 6.45) is 16.0. The number of allylic oxidation sites excluding steroid dienone is 4. The van der Waals surface area contributed by atoms with Crippen LogP contribution in [0.1, 0.15) is 126 Å². The summed E-state index contributed by atoms with van der Waals surface area (Å²) in [5.41, 5.74) is 1.13. The number of hydrogen-bond donors (Lipinski definition) is 0. The number of ketones is 4. The lowest BCUT2D eigenvalue weighted by molar-refractivity contribution is -0.130. The first-order valence-corrected chi connectivity index (χ1v) is 14.3. The Morgan fingerprint density at radius 1 is 1.08 bits per heavy atom. The molecule has 0 spiro atoms. The average molecular weight is 501 g/mol. The minimum atomic E-state index is -0.0969. The molecule has 0 amide bonds. The SMILES string of the molecule is CCCC(CC1CCC=CC(C(C)(C)CCCCC(C)=O)/C(C)=C/C(=O)C1)C(CC)C(=O)CC(C)=O. The second-order valence-corrected chi connectivity index (χ2v) is 11.9. The quantitative estimate of drug-likeness (QED) is 0.130. The fourth-order valence-corrected chi connectivity index (χ4v) is 6.18. The van der Waals surface area contributed by atoms with Crippen LogP contribution in [0.2, 0.25) is 0 Å². The highest BCUT2D eigenvalue weighted by Crippen LogP contribution is 2.40. The fraction of sp³-hybridized carbons (Fsp3) is 0.750.